The Morgan fingerprint density at radius 2 is 2.00 bits per heavy atom. The van der Waals surface area contributed by atoms with Gasteiger partial charge in [0, 0.05) is 17.8 Å². The molecule has 2 heterocycles. The zero-order valence-electron chi connectivity index (χ0n) is 12.3. The highest BCUT2D eigenvalue weighted by Gasteiger charge is 2.38. The van der Waals surface area contributed by atoms with Crippen LogP contribution in [0.25, 0.3) is 0 Å². The van der Waals surface area contributed by atoms with E-state index < -0.39 is 0 Å². The van der Waals surface area contributed by atoms with Gasteiger partial charge in [0.15, 0.2) is 11.5 Å². The third-order valence-corrected chi connectivity index (χ3v) is 4.82. The highest BCUT2D eigenvalue weighted by Crippen LogP contribution is 2.35. The molecule has 22 heavy (non-hydrogen) atoms. The summed E-state index contributed by atoms with van der Waals surface area (Å²) in [7, 11) is 0. The van der Waals surface area contributed by atoms with Gasteiger partial charge in [-0.15, -0.1) is 12.4 Å². The fourth-order valence-electron chi connectivity index (χ4n) is 3.72. The van der Waals surface area contributed by atoms with E-state index >= 15 is 0 Å². The molecule has 1 aliphatic carbocycles. The minimum atomic E-state index is -0.0662. The van der Waals surface area contributed by atoms with Crippen LogP contribution in [0, 0.1) is 5.92 Å². The summed E-state index contributed by atoms with van der Waals surface area (Å²) in [6.07, 6.45) is 6.01. The summed E-state index contributed by atoms with van der Waals surface area (Å²) < 4.78 is 10.6. The van der Waals surface area contributed by atoms with E-state index in [1.165, 1.54) is 25.7 Å². The van der Waals surface area contributed by atoms with Gasteiger partial charge in [0.2, 0.25) is 12.7 Å². The van der Waals surface area contributed by atoms with E-state index in [0.29, 0.717) is 17.7 Å². The minimum Gasteiger partial charge on any atom is -0.454 e. The van der Waals surface area contributed by atoms with Gasteiger partial charge < -0.3 is 20.1 Å². The number of rotatable bonds is 2. The van der Waals surface area contributed by atoms with Crippen molar-refractivity contribution < 1.29 is 14.3 Å². The standard InChI is InChI=1S/C16H20N2O3.ClH/c19-16(13-7-10-3-1-2-4-12(10)18-13)17-11-5-6-14-15(8-11)21-9-20-14;/h5-6,8,10,12-13,18H,1-4,7,9H2,(H,17,19);1H. The largest absolute Gasteiger partial charge is 0.454 e. The van der Waals surface area contributed by atoms with Crippen molar-refractivity contribution in [3.8, 4) is 11.5 Å². The van der Waals surface area contributed by atoms with E-state index in [1.54, 1.807) is 0 Å². The molecule has 3 atom stereocenters. The molecule has 1 saturated heterocycles. The predicted molar refractivity (Wildman–Crippen MR) is 85.7 cm³/mol. The van der Waals surface area contributed by atoms with Crippen molar-refractivity contribution in [2.24, 2.45) is 5.92 Å². The molecule has 5 nitrogen and oxygen atoms in total. The molecule has 0 spiro atoms. The smallest absolute Gasteiger partial charge is 0.241 e. The van der Waals surface area contributed by atoms with E-state index in [-0.39, 0.29) is 31.1 Å². The summed E-state index contributed by atoms with van der Waals surface area (Å²) in [5, 5.41) is 6.48. The number of hydrogen-bond acceptors (Lipinski definition) is 4. The second-order valence-electron chi connectivity index (χ2n) is 6.16. The van der Waals surface area contributed by atoms with Crippen molar-refractivity contribution in [2.75, 3.05) is 12.1 Å². The number of benzene rings is 1. The Bertz CT molecular complexity index is 552. The molecule has 120 valence electrons. The van der Waals surface area contributed by atoms with Crippen LogP contribution in [0.3, 0.4) is 0 Å². The number of carbonyl (C=O) groups excluding carboxylic acids is 1. The number of carbonyl (C=O) groups is 1. The van der Waals surface area contributed by atoms with Crippen molar-refractivity contribution in [3.05, 3.63) is 18.2 Å². The SMILES string of the molecule is Cl.O=C(Nc1ccc2c(c1)OCO2)C1CC2CCCCC2N1. The molecule has 1 aromatic rings. The van der Waals surface area contributed by atoms with E-state index in [2.05, 4.69) is 10.6 Å². The normalized spacial score (nSPS) is 28.6. The minimum absolute atomic E-state index is 0. The van der Waals surface area contributed by atoms with E-state index in [9.17, 15) is 4.79 Å². The molecule has 6 heteroatoms. The third-order valence-electron chi connectivity index (χ3n) is 4.82. The zero-order chi connectivity index (χ0) is 14.2. The second kappa shape index (κ2) is 6.34. The number of fused-ring (bicyclic) bond motifs is 2. The summed E-state index contributed by atoms with van der Waals surface area (Å²) in [5.41, 5.74) is 0.765. The lowest BCUT2D eigenvalue weighted by molar-refractivity contribution is -0.117. The van der Waals surface area contributed by atoms with Crippen LogP contribution in [0.15, 0.2) is 18.2 Å². The van der Waals surface area contributed by atoms with Gasteiger partial charge in [-0.25, -0.2) is 0 Å². The van der Waals surface area contributed by atoms with Gasteiger partial charge >= 0.3 is 0 Å². The maximum atomic E-state index is 12.4. The molecule has 1 aromatic carbocycles. The molecule has 2 N–H and O–H groups in total. The topological polar surface area (TPSA) is 59.6 Å². The fourth-order valence-corrected chi connectivity index (χ4v) is 3.72. The molecular formula is C16H21ClN2O3. The molecule has 1 amide bonds. The van der Waals surface area contributed by atoms with E-state index in [4.69, 9.17) is 9.47 Å². The van der Waals surface area contributed by atoms with Gasteiger partial charge in [-0.3, -0.25) is 4.79 Å². The monoisotopic (exact) mass is 324 g/mol. The molecule has 1 saturated carbocycles. The number of anilines is 1. The Morgan fingerprint density at radius 3 is 2.86 bits per heavy atom. The number of ether oxygens (including phenoxy) is 2. The van der Waals surface area contributed by atoms with Gasteiger partial charge in [0.1, 0.15) is 0 Å². The van der Waals surface area contributed by atoms with Crippen molar-refractivity contribution >= 4 is 24.0 Å². The Kier molecular flexibility index (Phi) is 4.45. The Labute approximate surface area is 136 Å². The Balaban J connectivity index is 0.00000144. The summed E-state index contributed by atoms with van der Waals surface area (Å²) >= 11 is 0. The maximum absolute atomic E-state index is 12.4. The first kappa shape index (κ1) is 15.4. The molecule has 0 radical (unpaired) electrons. The molecule has 3 unspecified atom stereocenters. The molecule has 4 rings (SSSR count). The number of hydrogen-bond donors (Lipinski definition) is 2. The first-order valence-corrected chi connectivity index (χ1v) is 7.76. The molecule has 2 fully saturated rings. The molecule has 2 aliphatic heterocycles. The van der Waals surface area contributed by atoms with Crippen LogP contribution in [-0.4, -0.2) is 24.8 Å². The average molecular weight is 325 g/mol. The van der Waals surface area contributed by atoms with Crippen LogP contribution < -0.4 is 20.1 Å². The van der Waals surface area contributed by atoms with Gasteiger partial charge in [0.05, 0.1) is 6.04 Å². The number of halogens is 1. The lowest BCUT2D eigenvalue weighted by Gasteiger charge is -2.24. The van der Waals surface area contributed by atoms with Crippen LogP contribution in [-0.2, 0) is 4.79 Å². The zero-order valence-corrected chi connectivity index (χ0v) is 13.2. The number of amides is 1. The lowest BCUT2D eigenvalue weighted by Crippen LogP contribution is -2.39. The van der Waals surface area contributed by atoms with Gasteiger partial charge in [0.25, 0.3) is 0 Å². The molecular weight excluding hydrogens is 304 g/mol. The summed E-state index contributed by atoms with van der Waals surface area (Å²) in [6, 6.07) is 5.98. The summed E-state index contributed by atoms with van der Waals surface area (Å²) in [5.74, 6) is 2.16. The third kappa shape index (κ3) is 2.88. The van der Waals surface area contributed by atoms with Crippen molar-refractivity contribution in [2.45, 2.75) is 44.2 Å². The van der Waals surface area contributed by atoms with Crippen LogP contribution in [0.4, 0.5) is 5.69 Å². The van der Waals surface area contributed by atoms with Crippen molar-refractivity contribution in [1.82, 2.24) is 5.32 Å². The van der Waals surface area contributed by atoms with Crippen molar-refractivity contribution in [3.63, 3.8) is 0 Å². The van der Waals surface area contributed by atoms with Crippen molar-refractivity contribution in [1.29, 1.82) is 0 Å². The highest BCUT2D eigenvalue weighted by atomic mass is 35.5. The Hall–Kier alpha value is -1.46. The predicted octanol–water partition coefficient (Wildman–Crippen LogP) is 2.70. The molecule has 3 aliphatic rings. The van der Waals surface area contributed by atoms with Gasteiger partial charge in [-0.05, 0) is 37.3 Å². The van der Waals surface area contributed by atoms with Crippen LogP contribution >= 0.6 is 12.4 Å². The van der Waals surface area contributed by atoms with Crippen LogP contribution in [0.1, 0.15) is 32.1 Å². The highest BCUT2D eigenvalue weighted by molar-refractivity contribution is 5.95. The molecule has 0 aromatic heterocycles. The van der Waals surface area contributed by atoms with Crippen LogP contribution in [0.2, 0.25) is 0 Å². The second-order valence-corrected chi connectivity index (χ2v) is 6.16. The first-order valence-electron chi connectivity index (χ1n) is 7.76. The first-order chi connectivity index (χ1) is 10.3. The fraction of sp³-hybridized carbons (Fsp3) is 0.562. The van der Waals surface area contributed by atoms with Gasteiger partial charge in [-0.1, -0.05) is 12.8 Å². The lowest BCUT2D eigenvalue weighted by atomic mass is 9.85. The number of nitrogens with one attached hydrogen (secondary N) is 2. The van der Waals surface area contributed by atoms with Crippen LogP contribution in [0.5, 0.6) is 11.5 Å². The molecule has 0 bridgehead atoms. The van der Waals surface area contributed by atoms with E-state index in [0.717, 1.165) is 17.9 Å². The Morgan fingerprint density at radius 1 is 1.18 bits per heavy atom. The van der Waals surface area contributed by atoms with E-state index in [1.807, 2.05) is 18.2 Å². The summed E-state index contributed by atoms with van der Waals surface area (Å²) in [4.78, 5) is 12.4. The van der Waals surface area contributed by atoms with Gasteiger partial charge in [-0.2, -0.15) is 0 Å². The summed E-state index contributed by atoms with van der Waals surface area (Å²) in [6.45, 7) is 0.250. The quantitative estimate of drug-likeness (QED) is 0.878. The average Bonchev–Trinajstić information content (AvgIpc) is 3.13. The maximum Gasteiger partial charge on any atom is 0.241 e.